The number of rotatable bonds is 3. The van der Waals surface area contributed by atoms with Crippen molar-refractivity contribution in [3.8, 4) is 17.0 Å². The molecule has 3 aromatic rings. The van der Waals surface area contributed by atoms with Gasteiger partial charge in [-0.2, -0.15) is 5.10 Å². The van der Waals surface area contributed by atoms with Crippen molar-refractivity contribution in [3.63, 3.8) is 0 Å². The Hall–Kier alpha value is -2.36. The number of ether oxygens (including phenoxy) is 1. The summed E-state index contributed by atoms with van der Waals surface area (Å²) in [6, 6.07) is 11.6. The molecule has 1 aliphatic rings. The van der Waals surface area contributed by atoms with Crippen LogP contribution in [0.3, 0.4) is 0 Å². The van der Waals surface area contributed by atoms with Crippen LogP contribution in [-0.2, 0) is 0 Å². The first kappa shape index (κ1) is 15.2. The van der Waals surface area contributed by atoms with Crippen LogP contribution in [0.5, 0.6) is 5.75 Å². The molecule has 1 aromatic heterocycles. The number of aromatic nitrogens is 2. The van der Waals surface area contributed by atoms with Crippen molar-refractivity contribution in [2.45, 2.75) is 38.6 Å². The molecule has 24 heavy (non-hydrogen) atoms. The lowest BCUT2D eigenvalue weighted by Gasteiger charge is -2.11. The van der Waals surface area contributed by atoms with Gasteiger partial charge in [0.25, 0.3) is 0 Å². The van der Waals surface area contributed by atoms with Gasteiger partial charge in [0.2, 0.25) is 0 Å². The van der Waals surface area contributed by atoms with Crippen molar-refractivity contribution < 1.29 is 9.13 Å². The number of methoxy groups -OCH3 is 1. The molecule has 0 radical (unpaired) electrons. The number of nitrogens with zero attached hydrogens (tertiary/aromatic N) is 2. The van der Waals surface area contributed by atoms with Gasteiger partial charge in [0, 0.05) is 10.9 Å². The highest BCUT2D eigenvalue weighted by Gasteiger charge is 2.24. The van der Waals surface area contributed by atoms with Crippen molar-refractivity contribution in [3.05, 3.63) is 47.8 Å². The number of hydrogen-bond acceptors (Lipinski definition) is 2. The van der Waals surface area contributed by atoms with Gasteiger partial charge in [0.15, 0.2) is 0 Å². The Bertz CT molecular complexity index is 894. The first-order chi connectivity index (χ1) is 11.7. The molecular formula is C20H21FN2O. The van der Waals surface area contributed by atoms with E-state index in [4.69, 9.17) is 9.84 Å². The molecule has 4 heteroatoms. The quantitative estimate of drug-likeness (QED) is 0.656. The topological polar surface area (TPSA) is 27.1 Å². The third-order valence-electron chi connectivity index (χ3n) is 5.02. The minimum atomic E-state index is -0.191. The fourth-order valence-electron chi connectivity index (χ4n) is 3.80. The minimum absolute atomic E-state index is 0.191. The van der Waals surface area contributed by atoms with Gasteiger partial charge in [-0.25, -0.2) is 4.39 Å². The summed E-state index contributed by atoms with van der Waals surface area (Å²) in [6.07, 6.45) is 4.54. The second-order valence-electron chi connectivity index (χ2n) is 6.55. The summed E-state index contributed by atoms with van der Waals surface area (Å²) in [6.45, 7) is 2.01. The molecule has 1 fully saturated rings. The Morgan fingerprint density at radius 2 is 1.96 bits per heavy atom. The van der Waals surface area contributed by atoms with Crippen molar-refractivity contribution in [2.24, 2.45) is 0 Å². The molecule has 1 aliphatic carbocycles. The zero-order valence-electron chi connectivity index (χ0n) is 14.1. The standard InChI is InChI=1S/C20H21FN2O/c1-13-12-14(10-11-18(13)24-2)19-16-8-5-9-17(21)20(16)23(22-19)15-6-3-4-7-15/h5,8-12,15H,3-4,6-7H2,1-2H3. The maximum Gasteiger partial charge on any atom is 0.149 e. The summed E-state index contributed by atoms with van der Waals surface area (Å²) < 4.78 is 21.8. The smallest absolute Gasteiger partial charge is 0.149 e. The van der Waals surface area contributed by atoms with E-state index in [1.54, 1.807) is 13.2 Å². The maximum atomic E-state index is 14.5. The van der Waals surface area contributed by atoms with Gasteiger partial charge in [-0.3, -0.25) is 4.68 Å². The molecule has 1 saturated carbocycles. The molecule has 2 aromatic carbocycles. The first-order valence-corrected chi connectivity index (χ1v) is 8.51. The minimum Gasteiger partial charge on any atom is -0.496 e. The Morgan fingerprint density at radius 1 is 1.17 bits per heavy atom. The summed E-state index contributed by atoms with van der Waals surface area (Å²) >= 11 is 0. The normalized spacial score (nSPS) is 15.3. The molecule has 1 heterocycles. The van der Waals surface area contributed by atoms with E-state index in [-0.39, 0.29) is 5.82 Å². The summed E-state index contributed by atoms with van der Waals surface area (Å²) in [7, 11) is 1.67. The van der Waals surface area contributed by atoms with E-state index >= 15 is 0 Å². The van der Waals surface area contributed by atoms with Gasteiger partial charge in [-0.15, -0.1) is 0 Å². The SMILES string of the molecule is COc1ccc(-c2nn(C3CCCC3)c3c(F)cccc23)cc1C. The lowest BCUT2D eigenvalue weighted by molar-refractivity contribution is 0.412. The number of para-hydroxylation sites is 1. The van der Waals surface area contributed by atoms with E-state index in [9.17, 15) is 4.39 Å². The zero-order valence-corrected chi connectivity index (χ0v) is 14.1. The van der Waals surface area contributed by atoms with E-state index in [2.05, 4.69) is 6.07 Å². The van der Waals surface area contributed by atoms with E-state index < -0.39 is 0 Å². The van der Waals surface area contributed by atoms with Crippen LogP contribution in [0.2, 0.25) is 0 Å². The van der Waals surface area contributed by atoms with Crippen LogP contribution in [0.15, 0.2) is 36.4 Å². The second kappa shape index (κ2) is 5.93. The summed E-state index contributed by atoms with van der Waals surface area (Å²) in [5, 5.41) is 5.72. The van der Waals surface area contributed by atoms with Crippen LogP contribution in [0.1, 0.15) is 37.3 Å². The molecule has 4 rings (SSSR count). The van der Waals surface area contributed by atoms with E-state index in [0.29, 0.717) is 11.6 Å². The van der Waals surface area contributed by atoms with Gasteiger partial charge in [-0.1, -0.05) is 25.0 Å². The van der Waals surface area contributed by atoms with Crippen LogP contribution in [-0.4, -0.2) is 16.9 Å². The average molecular weight is 324 g/mol. The molecule has 0 atom stereocenters. The Kier molecular flexibility index (Phi) is 3.75. The maximum absolute atomic E-state index is 14.5. The van der Waals surface area contributed by atoms with Gasteiger partial charge in [0.1, 0.15) is 22.8 Å². The van der Waals surface area contributed by atoms with Crippen LogP contribution < -0.4 is 4.74 Å². The highest BCUT2D eigenvalue weighted by Crippen LogP contribution is 2.37. The van der Waals surface area contributed by atoms with Gasteiger partial charge in [-0.05, 0) is 49.6 Å². The summed E-state index contributed by atoms with van der Waals surface area (Å²) in [5.74, 6) is 0.660. The lowest BCUT2D eigenvalue weighted by Crippen LogP contribution is -2.07. The Labute approximate surface area is 141 Å². The van der Waals surface area contributed by atoms with Crippen LogP contribution in [0, 0.1) is 12.7 Å². The van der Waals surface area contributed by atoms with Crippen LogP contribution in [0.4, 0.5) is 4.39 Å². The number of halogens is 1. The highest BCUT2D eigenvalue weighted by molar-refractivity contribution is 5.94. The highest BCUT2D eigenvalue weighted by atomic mass is 19.1. The monoisotopic (exact) mass is 324 g/mol. The lowest BCUT2D eigenvalue weighted by atomic mass is 10.0. The Morgan fingerprint density at radius 3 is 2.67 bits per heavy atom. The van der Waals surface area contributed by atoms with Crippen molar-refractivity contribution in [1.82, 2.24) is 9.78 Å². The average Bonchev–Trinajstić information content (AvgIpc) is 3.22. The van der Waals surface area contributed by atoms with Crippen molar-refractivity contribution in [2.75, 3.05) is 7.11 Å². The first-order valence-electron chi connectivity index (χ1n) is 8.51. The molecule has 0 amide bonds. The molecule has 0 N–H and O–H groups in total. The molecule has 0 spiro atoms. The third kappa shape index (κ3) is 2.37. The fourth-order valence-corrected chi connectivity index (χ4v) is 3.80. The predicted octanol–water partition coefficient (Wildman–Crippen LogP) is 5.27. The van der Waals surface area contributed by atoms with Gasteiger partial charge >= 0.3 is 0 Å². The molecule has 0 aliphatic heterocycles. The largest absolute Gasteiger partial charge is 0.496 e. The second-order valence-corrected chi connectivity index (χ2v) is 6.55. The van der Waals surface area contributed by atoms with Crippen LogP contribution >= 0.6 is 0 Å². The Balaban J connectivity index is 1.92. The molecule has 3 nitrogen and oxygen atoms in total. The van der Waals surface area contributed by atoms with Gasteiger partial charge in [0.05, 0.1) is 13.2 Å². The summed E-state index contributed by atoms with van der Waals surface area (Å²) in [5.41, 5.74) is 3.53. The number of aryl methyl sites for hydroxylation is 1. The summed E-state index contributed by atoms with van der Waals surface area (Å²) in [4.78, 5) is 0. The van der Waals surface area contributed by atoms with E-state index in [0.717, 1.165) is 40.8 Å². The molecule has 0 saturated heterocycles. The zero-order chi connectivity index (χ0) is 16.7. The third-order valence-corrected chi connectivity index (χ3v) is 5.02. The van der Waals surface area contributed by atoms with E-state index in [1.807, 2.05) is 29.8 Å². The van der Waals surface area contributed by atoms with E-state index in [1.165, 1.54) is 18.9 Å². The molecule has 124 valence electrons. The molecular weight excluding hydrogens is 303 g/mol. The fraction of sp³-hybridized carbons (Fsp3) is 0.350. The molecule has 0 unspecified atom stereocenters. The number of hydrogen-bond donors (Lipinski definition) is 0. The van der Waals surface area contributed by atoms with Gasteiger partial charge < -0.3 is 4.74 Å². The predicted molar refractivity (Wildman–Crippen MR) is 93.9 cm³/mol. The number of fused-ring (bicyclic) bond motifs is 1. The number of benzene rings is 2. The molecule has 0 bridgehead atoms. The van der Waals surface area contributed by atoms with Crippen molar-refractivity contribution >= 4 is 10.9 Å². The van der Waals surface area contributed by atoms with Crippen molar-refractivity contribution in [1.29, 1.82) is 0 Å². The van der Waals surface area contributed by atoms with Crippen LogP contribution in [0.25, 0.3) is 22.2 Å².